The highest BCUT2D eigenvalue weighted by molar-refractivity contribution is 6.07. The smallest absolute Gasteiger partial charge is 0.270 e. The van der Waals surface area contributed by atoms with Crippen molar-refractivity contribution in [1.82, 2.24) is 39.9 Å². The van der Waals surface area contributed by atoms with E-state index in [1.807, 2.05) is 54.6 Å². The Morgan fingerprint density at radius 2 is 0.820 bits per heavy atom. The van der Waals surface area contributed by atoms with E-state index in [2.05, 4.69) is 72.3 Å². The van der Waals surface area contributed by atoms with Gasteiger partial charge in [-0.25, -0.2) is 29.9 Å². The number of nitro benzene ring substituents is 1. The summed E-state index contributed by atoms with van der Waals surface area (Å²) in [5.41, 5.74) is 4.41. The van der Waals surface area contributed by atoms with E-state index in [0.717, 1.165) is 16.3 Å². The molecular formula is C47H47N9O5. The molecule has 8 bridgehead atoms. The Morgan fingerprint density at radius 3 is 1.25 bits per heavy atom. The van der Waals surface area contributed by atoms with E-state index < -0.39 is 4.92 Å². The van der Waals surface area contributed by atoms with Crippen LogP contribution in [0.15, 0.2) is 72.8 Å². The summed E-state index contributed by atoms with van der Waals surface area (Å²) < 4.78 is 18.8. The van der Waals surface area contributed by atoms with Crippen LogP contribution in [0.4, 0.5) is 5.69 Å². The van der Waals surface area contributed by atoms with Crippen LogP contribution >= 0.6 is 0 Å². The summed E-state index contributed by atoms with van der Waals surface area (Å²) in [4.78, 5) is 49.0. The number of H-pyrrole nitrogens is 2. The predicted molar refractivity (Wildman–Crippen MR) is 238 cm³/mol. The third-order valence-corrected chi connectivity index (χ3v) is 9.95. The molecule has 2 N–H and O–H groups in total. The molecule has 0 saturated heterocycles. The van der Waals surface area contributed by atoms with Gasteiger partial charge in [0.2, 0.25) is 0 Å². The van der Waals surface area contributed by atoms with Crippen LogP contribution in [-0.2, 0) is 0 Å². The maximum Gasteiger partial charge on any atom is 0.270 e. The van der Waals surface area contributed by atoms with Gasteiger partial charge in [0.25, 0.3) is 5.69 Å². The van der Waals surface area contributed by atoms with E-state index >= 15 is 0 Å². The van der Waals surface area contributed by atoms with Gasteiger partial charge >= 0.3 is 0 Å². The van der Waals surface area contributed by atoms with Crippen LogP contribution in [0, 0.1) is 26.4 Å². The molecule has 14 nitrogen and oxygen atoms in total. The van der Waals surface area contributed by atoms with Crippen LogP contribution < -0.4 is 14.2 Å². The van der Waals surface area contributed by atoms with Crippen molar-refractivity contribution in [3.63, 3.8) is 0 Å². The molecule has 7 aromatic rings. The number of nitrogens with one attached hydrogen (secondary N) is 2. The fourth-order valence-corrected chi connectivity index (χ4v) is 7.00. The van der Waals surface area contributed by atoms with Crippen molar-refractivity contribution in [2.24, 2.45) is 16.2 Å². The number of rotatable bonds is 7. The number of non-ortho nitro benzene ring substituents is 1. The second-order valence-electron chi connectivity index (χ2n) is 19.3. The van der Waals surface area contributed by atoms with E-state index in [0.29, 0.717) is 110 Å². The third-order valence-electron chi connectivity index (χ3n) is 9.95. The first-order valence-corrected chi connectivity index (χ1v) is 20.3. The van der Waals surface area contributed by atoms with Gasteiger partial charge in [-0.3, -0.25) is 10.1 Å². The van der Waals surface area contributed by atoms with Crippen molar-refractivity contribution in [1.29, 1.82) is 0 Å². The first kappa shape index (κ1) is 39.5. The lowest BCUT2D eigenvalue weighted by molar-refractivity contribution is -0.384. The molecular weight excluding hydrogens is 771 g/mol. The highest BCUT2D eigenvalue weighted by atomic mass is 16.6. The molecule has 9 rings (SSSR count). The Morgan fingerprint density at radius 1 is 0.459 bits per heavy atom. The van der Waals surface area contributed by atoms with Crippen LogP contribution in [0.1, 0.15) is 62.3 Å². The van der Waals surface area contributed by atoms with Crippen molar-refractivity contribution >= 4 is 49.8 Å². The number of fused-ring (bicyclic) bond motifs is 20. The maximum absolute atomic E-state index is 12.0. The fourth-order valence-electron chi connectivity index (χ4n) is 7.00. The third kappa shape index (κ3) is 8.05. The van der Waals surface area contributed by atoms with E-state index in [-0.39, 0.29) is 21.9 Å². The molecule has 0 amide bonds. The number of benzene rings is 4. The lowest BCUT2D eigenvalue weighted by Crippen LogP contribution is -2.16. The summed E-state index contributed by atoms with van der Waals surface area (Å²) in [6, 6.07) is 22.0. The molecule has 3 aromatic heterocycles. The van der Waals surface area contributed by atoms with Gasteiger partial charge in [0, 0.05) is 55.9 Å². The zero-order valence-corrected chi connectivity index (χ0v) is 35.7. The first-order valence-electron chi connectivity index (χ1n) is 20.3. The molecule has 14 heteroatoms. The van der Waals surface area contributed by atoms with Gasteiger partial charge in [0.1, 0.15) is 39.8 Å². The minimum absolute atomic E-state index is 0.0550. The molecule has 0 spiro atoms. The van der Waals surface area contributed by atoms with Gasteiger partial charge in [-0.1, -0.05) is 62.3 Å². The van der Waals surface area contributed by atoms with Gasteiger partial charge < -0.3 is 24.2 Å². The van der Waals surface area contributed by atoms with E-state index in [9.17, 15) is 10.1 Å². The van der Waals surface area contributed by atoms with Gasteiger partial charge in [-0.05, 0) is 76.9 Å². The summed E-state index contributed by atoms with van der Waals surface area (Å²) in [7, 11) is 0. The molecule has 5 heterocycles. The molecule has 0 fully saturated rings. The molecule has 61 heavy (non-hydrogen) atoms. The molecule has 0 aliphatic carbocycles. The van der Waals surface area contributed by atoms with Crippen LogP contribution in [-0.4, -0.2) is 64.6 Å². The Kier molecular flexibility index (Phi) is 9.29. The van der Waals surface area contributed by atoms with Crippen LogP contribution in [0.3, 0.4) is 0 Å². The molecule has 0 saturated carbocycles. The SMILES string of the molecule is CC(C)(C)COc1ccc2c(c1)-c1nc-2nc2[nH]c(nc3nc(nc4[nH]c(n1)c1ccc(OCC(C)(C)C)cc41)-c1ccc(OCC(C)(C)C)cc1-3)c1ccc([N+](=O)[O-])cc21. The van der Waals surface area contributed by atoms with Crippen LogP contribution in [0.5, 0.6) is 17.2 Å². The van der Waals surface area contributed by atoms with Crippen molar-refractivity contribution in [3.05, 3.63) is 82.9 Å². The fraction of sp³-hybridized carbons (Fsp3) is 0.319. The average molecular weight is 818 g/mol. The Balaban J connectivity index is 1.36. The molecule has 0 atom stereocenters. The Bertz CT molecular complexity index is 3070. The number of hydrogen-bond acceptors (Lipinski definition) is 11. The number of nitrogens with zero attached hydrogens (tertiary/aromatic N) is 7. The lowest BCUT2D eigenvalue weighted by Gasteiger charge is -2.19. The molecule has 4 aromatic carbocycles. The number of hydrogen-bond donors (Lipinski definition) is 2. The normalized spacial score (nSPS) is 12.7. The van der Waals surface area contributed by atoms with Crippen molar-refractivity contribution in [2.75, 3.05) is 19.8 Å². The highest BCUT2D eigenvalue weighted by Crippen LogP contribution is 2.40. The quantitative estimate of drug-likeness (QED) is 0.115. The summed E-state index contributed by atoms with van der Waals surface area (Å²) in [5, 5.41) is 14.7. The van der Waals surface area contributed by atoms with Crippen molar-refractivity contribution < 1.29 is 19.1 Å². The highest BCUT2D eigenvalue weighted by Gasteiger charge is 2.25. The molecule has 2 aliphatic rings. The minimum Gasteiger partial charge on any atom is -0.493 e. The van der Waals surface area contributed by atoms with Gasteiger partial charge in [0.05, 0.1) is 24.7 Å². The molecule has 310 valence electrons. The summed E-state index contributed by atoms with van der Waals surface area (Å²) in [6.45, 7) is 20.6. The van der Waals surface area contributed by atoms with Gasteiger partial charge in [-0.2, -0.15) is 0 Å². The maximum atomic E-state index is 12.0. The monoisotopic (exact) mass is 817 g/mol. The second-order valence-corrected chi connectivity index (χ2v) is 19.3. The van der Waals surface area contributed by atoms with Crippen LogP contribution in [0.25, 0.3) is 89.7 Å². The number of aromatic amines is 2. The number of ether oxygens (including phenoxy) is 3. The largest absolute Gasteiger partial charge is 0.493 e. The summed E-state index contributed by atoms with van der Waals surface area (Å²) in [5.74, 6) is 3.59. The summed E-state index contributed by atoms with van der Waals surface area (Å²) in [6.07, 6.45) is 0. The first-order chi connectivity index (χ1) is 28.8. The van der Waals surface area contributed by atoms with E-state index in [4.69, 9.17) is 44.1 Å². The second kappa shape index (κ2) is 14.4. The van der Waals surface area contributed by atoms with Gasteiger partial charge in [0.15, 0.2) is 23.3 Å². The summed E-state index contributed by atoms with van der Waals surface area (Å²) >= 11 is 0. The topological polar surface area (TPSA) is 180 Å². The lowest BCUT2D eigenvalue weighted by atomic mass is 9.98. The zero-order valence-electron chi connectivity index (χ0n) is 35.7. The average Bonchev–Trinajstić information content (AvgIpc) is 3.92. The molecule has 0 radical (unpaired) electrons. The number of nitro groups is 1. The van der Waals surface area contributed by atoms with Crippen molar-refractivity contribution in [3.8, 4) is 62.8 Å². The minimum atomic E-state index is -0.428. The Hall–Kier alpha value is -6.96. The number of aromatic nitrogens is 8. The Labute approximate surface area is 352 Å². The van der Waals surface area contributed by atoms with Crippen molar-refractivity contribution in [2.45, 2.75) is 62.3 Å². The standard InChI is InChI=1S/C47H47N9O5/c1-45(2,3)22-59-26-11-15-30-34(19-26)43-51-38(30)49-41-33-18-25(56(57)58)10-14-29(33)37(48-41)50-42-35-20-27(60-23-46(4,5)6)12-16-31(35)39(52-42)54-44-36-21-28(61-24-47(7,8)9)13-17-32(36)40(53-43)55-44/h10-21H,22-24H2,1-9H3,(H2,48,49,50,51,52,53,54,55). The van der Waals surface area contributed by atoms with E-state index in [1.165, 1.54) is 12.1 Å². The molecule has 0 unspecified atom stereocenters. The zero-order chi connectivity index (χ0) is 43.0. The van der Waals surface area contributed by atoms with E-state index in [1.54, 1.807) is 6.07 Å². The molecule has 2 aliphatic heterocycles. The predicted octanol–water partition coefficient (Wildman–Crippen LogP) is 11.1. The van der Waals surface area contributed by atoms with Crippen LogP contribution in [0.2, 0.25) is 0 Å². The van der Waals surface area contributed by atoms with Gasteiger partial charge in [-0.15, -0.1) is 0 Å².